The monoisotopic (exact) mass is 297 g/mol. The number of halogens is 3. The first-order chi connectivity index (χ1) is 9.42. The molecule has 1 heterocycles. The number of piperazine rings is 1. The molecule has 0 aromatic heterocycles. The third kappa shape index (κ3) is 7.42. The molecule has 1 atom stereocenters. The Labute approximate surface area is 119 Å². The lowest BCUT2D eigenvalue weighted by Gasteiger charge is -2.38. The van der Waals surface area contributed by atoms with Crippen molar-refractivity contribution in [3.05, 3.63) is 0 Å². The second kappa shape index (κ2) is 8.81. The van der Waals surface area contributed by atoms with Gasteiger partial charge in [0.1, 0.15) is 0 Å². The standard InChI is InChI=1S/C13H26F3N3O/c1-12(10-17-4-3-9-20-2)19-7-5-18(6-8-19)11-13(14,15)16/h12,17H,3-11H2,1-2H3. The molecule has 1 fully saturated rings. The number of rotatable bonds is 8. The van der Waals surface area contributed by atoms with E-state index in [2.05, 4.69) is 17.1 Å². The zero-order chi connectivity index (χ0) is 15.0. The second-order valence-electron chi connectivity index (χ2n) is 5.33. The Morgan fingerprint density at radius 3 is 2.40 bits per heavy atom. The first kappa shape index (κ1) is 17.7. The van der Waals surface area contributed by atoms with E-state index in [0.29, 0.717) is 32.2 Å². The van der Waals surface area contributed by atoms with Crippen molar-refractivity contribution >= 4 is 0 Å². The van der Waals surface area contributed by atoms with Crippen LogP contribution in [0.15, 0.2) is 0 Å². The first-order valence-electron chi connectivity index (χ1n) is 7.15. The van der Waals surface area contributed by atoms with Gasteiger partial charge in [-0.1, -0.05) is 0 Å². The molecule has 0 radical (unpaired) electrons. The van der Waals surface area contributed by atoms with Crippen LogP contribution in [0.25, 0.3) is 0 Å². The predicted molar refractivity (Wildman–Crippen MR) is 72.9 cm³/mol. The first-order valence-corrected chi connectivity index (χ1v) is 7.15. The molecule has 0 aromatic rings. The lowest BCUT2D eigenvalue weighted by Crippen LogP contribution is -2.53. The Balaban J connectivity index is 2.14. The lowest BCUT2D eigenvalue weighted by molar-refractivity contribution is -0.149. The number of hydrogen-bond donors (Lipinski definition) is 1. The van der Waals surface area contributed by atoms with E-state index >= 15 is 0 Å². The minimum absolute atomic E-state index is 0.352. The zero-order valence-electron chi connectivity index (χ0n) is 12.4. The van der Waals surface area contributed by atoms with Crippen LogP contribution in [0.1, 0.15) is 13.3 Å². The van der Waals surface area contributed by atoms with E-state index in [0.717, 1.165) is 26.1 Å². The summed E-state index contributed by atoms with van der Waals surface area (Å²) in [5.74, 6) is 0. The molecular formula is C13H26F3N3O. The van der Waals surface area contributed by atoms with Crippen molar-refractivity contribution in [3.8, 4) is 0 Å². The normalized spacial score (nSPS) is 20.2. The van der Waals surface area contributed by atoms with E-state index < -0.39 is 12.7 Å². The molecule has 1 unspecified atom stereocenters. The van der Waals surface area contributed by atoms with Crippen LogP contribution in [0.2, 0.25) is 0 Å². The molecule has 0 amide bonds. The fourth-order valence-corrected chi connectivity index (χ4v) is 2.40. The summed E-state index contributed by atoms with van der Waals surface area (Å²) in [6.45, 7) is 6.25. The largest absolute Gasteiger partial charge is 0.401 e. The summed E-state index contributed by atoms with van der Waals surface area (Å²) in [6.07, 6.45) is -3.11. The van der Waals surface area contributed by atoms with Gasteiger partial charge < -0.3 is 10.1 Å². The van der Waals surface area contributed by atoms with E-state index in [1.54, 1.807) is 7.11 Å². The van der Waals surface area contributed by atoms with Crippen LogP contribution in [-0.2, 0) is 4.74 Å². The van der Waals surface area contributed by atoms with Crippen molar-refractivity contribution in [2.45, 2.75) is 25.6 Å². The molecule has 1 saturated heterocycles. The number of hydrogen-bond acceptors (Lipinski definition) is 4. The van der Waals surface area contributed by atoms with Gasteiger partial charge in [0.25, 0.3) is 0 Å². The molecule has 20 heavy (non-hydrogen) atoms. The molecule has 1 aliphatic rings. The van der Waals surface area contributed by atoms with Gasteiger partial charge in [-0.15, -0.1) is 0 Å². The van der Waals surface area contributed by atoms with Gasteiger partial charge in [-0.2, -0.15) is 13.2 Å². The molecule has 1 aliphatic heterocycles. The van der Waals surface area contributed by atoms with E-state index in [-0.39, 0.29) is 0 Å². The average molecular weight is 297 g/mol. The van der Waals surface area contributed by atoms with Gasteiger partial charge >= 0.3 is 6.18 Å². The van der Waals surface area contributed by atoms with Crippen LogP contribution < -0.4 is 5.32 Å². The summed E-state index contributed by atoms with van der Waals surface area (Å²) in [4.78, 5) is 3.73. The van der Waals surface area contributed by atoms with Crippen molar-refractivity contribution in [1.82, 2.24) is 15.1 Å². The Hall–Kier alpha value is -0.370. The van der Waals surface area contributed by atoms with E-state index in [4.69, 9.17) is 4.74 Å². The van der Waals surface area contributed by atoms with E-state index in [1.165, 1.54) is 4.90 Å². The summed E-state index contributed by atoms with van der Waals surface area (Å²) in [6, 6.07) is 0.352. The zero-order valence-corrected chi connectivity index (χ0v) is 12.4. The fraction of sp³-hybridized carbons (Fsp3) is 1.00. The van der Waals surface area contributed by atoms with Crippen LogP contribution in [0.4, 0.5) is 13.2 Å². The van der Waals surface area contributed by atoms with Gasteiger partial charge in [-0.05, 0) is 19.9 Å². The molecular weight excluding hydrogens is 271 g/mol. The van der Waals surface area contributed by atoms with Crippen molar-refractivity contribution in [2.75, 3.05) is 59.5 Å². The minimum Gasteiger partial charge on any atom is -0.385 e. The van der Waals surface area contributed by atoms with Crippen LogP contribution in [0, 0.1) is 0 Å². The van der Waals surface area contributed by atoms with Crippen LogP contribution in [0.3, 0.4) is 0 Å². The summed E-state index contributed by atoms with van der Waals surface area (Å²) < 4.78 is 41.8. The fourth-order valence-electron chi connectivity index (χ4n) is 2.40. The lowest BCUT2D eigenvalue weighted by atomic mass is 10.2. The average Bonchev–Trinajstić information content (AvgIpc) is 2.37. The van der Waals surface area contributed by atoms with Crippen LogP contribution >= 0.6 is 0 Å². The highest BCUT2D eigenvalue weighted by atomic mass is 19.4. The van der Waals surface area contributed by atoms with Crippen LogP contribution in [-0.4, -0.2) is 81.5 Å². The molecule has 7 heteroatoms. The Kier molecular flexibility index (Phi) is 7.79. The highest BCUT2D eigenvalue weighted by molar-refractivity contribution is 4.78. The Morgan fingerprint density at radius 2 is 1.85 bits per heavy atom. The molecule has 0 aliphatic carbocycles. The maximum Gasteiger partial charge on any atom is 0.401 e. The van der Waals surface area contributed by atoms with Gasteiger partial charge in [0, 0.05) is 52.5 Å². The molecule has 0 spiro atoms. The van der Waals surface area contributed by atoms with E-state index in [9.17, 15) is 13.2 Å². The van der Waals surface area contributed by atoms with E-state index in [1.807, 2.05) is 0 Å². The number of nitrogens with zero attached hydrogens (tertiary/aromatic N) is 2. The predicted octanol–water partition coefficient (Wildman–Crippen LogP) is 1.18. The minimum atomic E-state index is -4.09. The van der Waals surface area contributed by atoms with Gasteiger partial charge in [-0.25, -0.2) is 0 Å². The smallest absolute Gasteiger partial charge is 0.385 e. The third-order valence-corrected chi connectivity index (χ3v) is 3.57. The Morgan fingerprint density at radius 1 is 1.20 bits per heavy atom. The van der Waals surface area contributed by atoms with Gasteiger partial charge in [0.2, 0.25) is 0 Å². The molecule has 120 valence electrons. The van der Waals surface area contributed by atoms with Gasteiger partial charge in [0.15, 0.2) is 0 Å². The SMILES string of the molecule is COCCCNCC(C)N1CCN(CC(F)(F)F)CC1. The summed E-state index contributed by atoms with van der Waals surface area (Å²) in [5.41, 5.74) is 0. The maximum atomic E-state index is 12.3. The van der Waals surface area contributed by atoms with Gasteiger partial charge in [-0.3, -0.25) is 9.80 Å². The molecule has 1 rings (SSSR count). The number of alkyl halides is 3. The summed E-state index contributed by atoms with van der Waals surface area (Å²) in [7, 11) is 1.68. The third-order valence-electron chi connectivity index (χ3n) is 3.57. The maximum absolute atomic E-state index is 12.3. The van der Waals surface area contributed by atoms with Crippen molar-refractivity contribution in [1.29, 1.82) is 0 Å². The van der Waals surface area contributed by atoms with Crippen LogP contribution in [0.5, 0.6) is 0 Å². The van der Waals surface area contributed by atoms with Gasteiger partial charge in [0.05, 0.1) is 6.54 Å². The van der Waals surface area contributed by atoms with Crippen molar-refractivity contribution in [2.24, 2.45) is 0 Å². The highest BCUT2D eigenvalue weighted by Crippen LogP contribution is 2.17. The topological polar surface area (TPSA) is 27.7 Å². The Bertz CT molecular complexity index is 256. The molecule has 0 bridgehead atoms. The highest BCUT2D eigenvalue weighted by Gasteiger charge is 2.32. The number of ether oxygens (including phenoxy) is 1. The number of methoxy groups -OCH3 is 1. The molecule has 1 N–H and O–H groups in total. The second-order valence-corrected chi connectivity index (χ2v) is 5.33. The summed E-state index contributed by atoms with van der Waals surface area (Å²) in [5, 5.41) is 3.35. The van der Waals surface area contributed by atoms with Crippen molar-refractivity contribution in [3.63, 3.8) is 0 Å². The quantitative estimate of drug-likeness (QED) is 0.681. The molecule has 0 aromatic carbocycles. The molecule has 0 saturated carbocycles. The number of nitrogens with one attached hydrogen (secondary N) is 1. The van der Waals surface area contributed by atoms with Crippen molar-refractivity contribution < 1.29 is 17.9 Å². The summed E-state index contributed by atoms with van der Waals surface area (Å²) >= 11 is 0. The molecule has 4 nitrogen and oxygen atoms in total.